The van der Waals surface area contributed by atoms with Crippen LogP contribution in [0.4, 0.5) is 0 Å². The molecule has 1 amide bonds. The first-order valence-corrected chi connectivity index (χ1v) is 7.58. The van der Waals surface area contributed by atoms with Gasteiger partial charge in [0, 0.05) is 30.8 Å². The van der Waals surface area contributed by atoms with Crippen molar-refractivity contribution in [3.8, 4) is 0 Å². The van der Waals surface area contributed by atoms with E-state index in [9.17, 15) is 4.79 Å². The predicted molar refractivity (Wildman–Crippen MR) is 77.5 cm³/mol. The van der Waals surface area contributed by atoms with Gasteiger partial charge in [-0.3, -0.25) is 9.78 Å². The van der Waals surface area contributed by atoms with Crippen molar-refractivity contribution < 1.29 is 9.21 Å². The van der Waals surface area contributed by atoms with Crippen LogP contribution in [0.5, 0.6) is 0 Å². The summed E-state index contributed by atoms with van der Waals surface area (Å²) in [4.78, 5) is 18.9. The molecule has 2 fully saturated rings. The number of carbonyl (C=O) groups excluding carboxylic acids is 1. The van der Waals surface area contributed by atoms with Gasteiger partial charge in [0.05, 0.1) is 12.3 Å². The lowest BCUT2D eigenvalue weighted by Gasteiger charge is -2.25. The number of rotatable bonds is 3. The van der Waals surface area contributed by atoms with E-state index in [1.54, 1.807) is 18.7 Å². The van der Waals surface area contributed by atoms with Gasteiger partial charge in [-0.2, -0.15) is 0 Å². The molecule has 108 valence electrons. The van der Waals surface area contributed by atoms with E-state index in [0.717, 1.165) is 31.6 Å². The zero-order valence-corrected chi connectivity index (χ0v) is 11.8. The van der Waals surface area contributed by atoms with Crippen molar-refractivity contribution in [3.63, 3.8) is 0 Å². The molecule has 4 nitrogen and oxygen atoms in total. The highest BCUT2D eigenvalue weighted by Gasteiger charge is 2.49. The second-order valence-electron chi connectivity index (χ2n) is 5.93. The van der Waals surface area contributed by atoms with Crippen LogP contribution in [0.1, 0.15) is 42.5 Å². The Hall–Kier alpha value is -2.10. The molecule has 0 bridgehead atoms. The second-order valence-corrected chi connectivity index (χ2v) is 5.93. The summed E-state index contributed by atoms with van der Waals surface area (Å²) >= 11 is 0. The standard InChI is InChI=1S/C17H18N2O2/c20-17(14-11-13(14)16-4-2-10-21-16)19-9-1-3-15(19)12-5-7-18-8-6-12/h2,4-8,10,13-15H,1,3,9,11H2. The molecule has 0 spiro atoms. The van der Waals surface area contributed by atoms with Crippen LogP contribution in [0.25, 0.3) is 0 Å². The van der Waals surface area contributed by atoms with Crippen LogP contribution >= 0.6 is 0 Å². The Kier molecular flexibility index (Phi) is 3.02. The average molecular weight is 282 g/mol. The Labute approximate surface area is 123 Å². The fourth-order valence-electron chi connectivity index (χ4n) is 3.46. The topological polar surface area (TPSA) is 46.3 Å². The lowest BCUT2D eigenvalue weighted by Crippen LogP contribution is -2.32. The van der Waals surface area contributed by atoms with Crippen LogP contribution in [0.2, 0.25) is 0 Å². The number of carbonyl (C=O) groups is 1. The largest absolute Gasteiger partial charge is 0.469 e. The summed E-state index contributed by atoms with van der Waals surface area (Å²) in [6.45, 7) is 0.868. The molecular weight excluding hydrogens is 264 g/mol. The molecule has 4 rings (SSSR count). The molecule has 2 aliphatic rings. The molecule has 0 aromatic carbocycles. The molecule has 1 aliphatic heterocycles. The van der Waals surface area contributed by atoms with Crippen LogP contribution in [0.3, 0.4) is 0 Å². The predicted octanol–water partition coefficient (Wildman–Crippen LogP) is 3.14. The van der Waals surface area contributed by atoms with Crippen LogP contribution in [-0.4, -0.2) is 22.3 Å². The third-order valence-electron chi connectivity index (χ3n) is 4.64. The second kappa shape index (κ2) is 5.02. The summed E-state index contributed by atoms with van der Waals surface area (Å²) in [5.74, 6) is 1.63. The summed E-state index contributed by atoms with van der Waals surface area (Å²) in [6, 6.07) is 8.13. The van der Waals surface area contributed by atoms with Gasteiger partial charge in [-0.15, -0.1) is 0 Å². The maximum absolute atomic E-state index is 12.8. The van der Waals surface area contributed by atoms with Gasteiger partial charge in [0.25, 0.3) is 0 Å². The van der Waals surface area contributed by atoms with Gasteiger partial charge < -0.3 is 9.32 Å². The Morgan fingerprint density at radius 2 is 2.14 bits per heavy atom. The summed E-state index contributed by atoms with van der Waals surface area (Å²) in [5, 5.41) is 0. The Morgan fingerprint density at radius 3 is 2.90 bits per heavy atom. The van der Waals surface area contributed by atoms with E-state index in [2.05, 4.69) is 9.88 Å². The van der Waals surface area contributed by atoms with Crippen LogP contribution in [0.15, 0.2) is 47.3 Å². The van der Waals surface area contributed by atoms with Crippen molar-refractivity contribution >= 4 is 5.91 Å². The van der Waals surface area contributed by atoms with Crippen molar-refractivity contribution in [2.75, 3.05) is 6.54 Å². The van der Waals surface area contributed by atoms with Crippen molar-refractivity contribution in [2.24, 2.45) is 5.92 Å². The smallest absolute Gasteiger partial charge is 0.226 e. The molecule has 21 heavy (non-hydrogen) atoms. The highest BCUT2D eigenvalue weighted by molar-refractivity contribution is 5.83. The van der Waals surface area contributed by atoms with Gasteiger partial charge in [-0.1, -0.05) is 0 Å². The first-order chi connectivity index (χ1) is 10.3. The molecule has 1 saturated heterocycles. The van der Waals surface area contributed by atoms with Gasteiger partial charge in [-0.25, -0.2) is 0 Å². The van der Waals surface area contributed by atoms with Crippen LogP contribution in [-0.2, 0) is 4.79 Å². The minimum Gasteiger partial charge on any atom is -0.469 e. The first-order valence-electron chi connectivity index (χ1n) is 7.58. The zero-order chi connectivity index (χ0) is 14.2. The number of aromatic nitrogens is 1. The fraction of sp³-hybridized carbons (Fsp3) is 0.412. The summed E-state index contributed by atoms with van der Waals surface area (Å²) in [6.07, 6.45) is 8.35. The Bertz CT molecular complexity index is 624. The van der Waals surface area contributed by atoms with Gasteiger partial charge >= 0.3 is 0 Å². The van der Waals surface area contributed by atoms with Gasteiger partial charge in [0.15, 0.2) is 0 Å². The van der Waals surface area contributed by atoms with E-state index in [1.165, 1.54) is 5.56 Å². The molecule has 0 N–H and O–H groups in total. The number of furan rings is 1. The Balaban J connectivity index is 1.50. The first kappa shape index (κ1) is 12.6. The quantitative estimate of drug-likeness (QED) is 0.868. The van der Waals surface area contributed by atoms with Gasteiger partial charge in [-0.05, 0) is 49.1 Å². The zero-order valence-electron chi connectivity index (χ0n) is 11.8. The molecular formula is C17H18N2O2. The molecule has 3 heterocycles. The number of nitrogens with zero attached hydrogens (tertiary/aromatic N) is 2. The monoisotopic (exact) mass is 282 g/mol. The summed E-state index contributed by atoms with van der Waals surface area (Å²) in [7, 11) is 0. The number of amides is 1. The highest BCUT2D eigenvalue weighted by Crippen LogP contribution is 2.50. The van der Waals surface area contributed by atoms with Gasteiger partial charge in [0.2, 0.25) is 5.91 Å². The number of pyridine rings is 1. The molecule has 2 aromatic heterocycles. The highest BCUT2D eigenvalue weighted by atomic mass is 16.3. The lowest BCUT2D eigenvalue weighted by atomic mass is 10.1. The molecule has 3 atom stereocenters. The normalized spacial score (nSPS) is 27.8. The third-order valence-corrected chi connectivity index (χ3v) is 4.64. The van der Waals surface area contributed by atoms with Crippen LogP contribution < -0.4 is 0 Å². The minimum atomic E-state index is 0.110. The maximum atomic E-state index is 12.8. The number of hydrogen-bond acceptors (Lipinski definition) is 3. The molecule has 3 unspecified atom stereocenters. The molecule has 1 saturated carbocycles. The van der Waals surface area contributed by atoms with E-state index in [0.29, 0.717) is 0 Å². The van der Waals surface area contributed by atoms with E-state index in [-0.39, 0.29) is 23.8 Å². The molecule has 0 radical (unpaired) electrons. The van der Waals surface area contributed by atoms with Crippen molar-refractivity contribution in [3.05, 3.63) is 54.2 Å². The van der Waals surface area contributed by atoms with Crippen molar-refractivity contribution in [1.29, 1.82) is 0 Å². The third kappa shape index (κ3) is 2.24. The van der Waals surface area contributed by atoms with E-state index in [4.69, 9.17) is 4.42 Å². The van der Waals surface area contributed by atoms with Crippen molar-refractivity contribution in [1.82, 2.24) is 9.88 Å². The van der Waals surface area contributed by atoms with E-state index in [1.807, 2.05) is 24.3 Å². The molecule has 4 heteroatoms. The van der Waals surface area contributed by atoms with Gasteiger partial charge in [0.1, 0.15) is 5.76 Å². The fourth-order valence-corrected chi connectivity index (χ4v) is 3.46. The molecule has 1 aliphatic carbocycles. The minimum absolute atomic E-state index is 0.110. The Morgan fingerprint density at radius 1 is 1.29 bits per heavy atom. The van der Waals surface area contributed by atoms with E-state index >= 15 is 0 Å². The average Bonchev–Trinajstić information content (AvgIpc) is 2.95. The maximum Gasteiger partial charge on any atom is 0.226 e. The number of hydrogen-bond donors (Lipinski definition) is 0. The molecule has 2 aromatic rings. The summed E-state index contributed by atoms with van der Waals surface area (Å²) < 4.78 is 5.43. The van der Waals surface area contributed by atoms with Crippen LogP contribution in [0, 0.1) is 5.92 Å². The van der Waals surface area contributed by atoms with E-state index < -0.39 is 0 Å². The lowest BCUT2D eigenvalue weighted by molar-refractivity contribution is -0.133. The summed E-state index contributed by atoms with van der Waals surface area (Å²) in [5.41, 5.74) is 1.20. The SMILES string of the molecule is O=C(C1CC1c1ccco1)N1CCCC1c1ccncc1. The number of likely N-dealkylation sites (tertiary alicyclic amines) is 1. The van der Waals surface area contributed by atoms with Crippen molar-refractivity contribution in [2.45, 2.75) is 31.2 Å².